The van der Waals surface area contributed by atoms with E-state index >= 15 is 0 Å². The summed E-state index contributed by atoms with van der Waals surface area (Å²) in [5.41, 5.74) is 2.30. The van der Waals surface area contributed by atoms with Gasteiger partial charge in [0.15, 0.2) is 0 Å². The van der Waals surface area contributed by atoms with Gasteiger partial charge in [-0.3, -0.25) is 9.78 Å². The molecule has 7 nitrogen and oxygen atoms in total. The molecule has 0 radical (unpaired) electrons. The molecule has 3 rings (SSSR count). The zero-order valence-electron chi connectivity index (χ0n) is 16.2. The number of hydrogen-bond donors (Lipinski definition) is 1. The van der Waals surface area contributed by atoms with E-state index < -0.39 is 10.0 Å². The van der Waals surface area contributed by atoms with Crippen LogP contribution in [0.3, 0.4) is 0 Å². The maximum atomic E-state index is 12.7. The summed E-state index contributed by atoms with van der Waals surface area (Å²) in [7, 11) is -0.554. The van der Waals surface area contributed by atoms with Crippen LogP contribution in [0.1, 0.15) is 29.4 Å². The summed E-state index contributed by atoms with van der Waals surface area (Å²) in [5.74, 6) is -0.177. The standard InChI is InChI=1S/C20H24N4O3S/c1-4-9-22-20(25)19-13-16-12-17(28(26,27)23(2)3)5-6-18(16)24(19)14-15-7-10-21-11-8-15/h5-8,10-13H,4,9,14H2,1-3H3,(H,22,25). The smallest absolute Gasteiger partial charge is 0.267 e. The second-order valence-electron chi connectivity index (χ2n) is 6.74. The second kappa shape index (κ2) is 8.12. The summed E-state index contributed by atoms with van der Waals surface area (Å²) in [6.07, 6.45) is 4.25. The zero-order chi connectivity index (χ0) is 20.3. The van der Waals surface area contributed by atoms with Crippen LogP contribution in [0.25, 0.3) is 10.9 Å². The van der Waals surface area contributed by atoms with Crippen molar-refractivity contribution in [1.29, 1.82) is 0 Å². The van der Waals surface area contributed by atoms with Crippen molar-refractivity contribution < 1.29 is 13.2 Å². The highest BCUT2D eigenvalue weighted by Crippen LogP contribution is 2.25. The van der Waals surface area contributed by atoms with Crippen LogP contribution < -0.4 is 5.32 Å². The molecule has 0 unspecified atom stereocenters. The highest BCUT2D eigenvalue weighted by Gasteiger charge is 2.21. The number of rotatable bonds is 7. The van der Waals surface area contributed by atoms with E-state index in [2.05, 4.69) is 10.3 Å². The summed E-state index contributed by atoms with van der Waals surface area (Å²) in [5, 5.41) is 3.61. The maximum Gasteiger partial charge on any atom is 0.267 e. The second-order valence-corrected chi connectivity index (χ2v) is 8.89. The number of fused-ring (bicyclic) bond motifs is 1. The van der Waals surface area contributed by atoms with Gasteiger partial charge in [-0.05, 0) is 48.4 Å². The van der Waals surface area contributed by atoms with Gasteiger partial charge in [-0.25, -0.2) is 12.7 Å². The van der Waals surface area contributed by atoms with Gasteiger partial charge in [-0.2, -0.15) is 0 Å². The van der Waals surface area contributed by atoms with E-state index in [1.165, 1.54) is 18.4 Å². The zero-order valence-corrected chi connectivity index (χ0v) is 17.0. The number of sulfonamides is 1. The van der Waals surface area contributed by atoms with Crippen molar-refractivity contribution in [2.24, 2.45) is 0 Å². The molecule has 0 spiro atoms. The third-order valence-electron chi connectivity index (χ3n) is 4.51. The molecule has 0 saturated heterocycles. The fraction of sp³-hybridized carbons (Fsp3) is 0.300. The molecule has 0 aliphatic heterocycles. The van der Waals surface area contributed by atoms with Gasteiger partial charge < -0.3 is 9.88 Å². The molecule has 1 aromatic carbocycles. The van der Waals surface area contributed by atoms with Gasteiger partial charge in [0, 0.05) is 50.5 Å². The van der Waals surface area contributed by atoms with Gasteiger partial charge in [0.1, 0.15) is 5.69 Å². The first-order valence-corrected chi connectivity index (χ1v) is 10.5. The number of carbonyl (C=O) groups excluding carboxylic acids is 1. The normalized spacial score (nSPS) is 11.9. The first kappa shape index (κ1) is 20.0. The van der Waals surface area contributed by atoms with E-state index in [1.54, 1.807) is 36.7 Å². The molecule has 0 saturated carbocycles. The summed E-state index contributed by atoms with van der Waals surface area (Å²) in [6.45, 7) is 3.06. The average molecular weight is 401 g/mol. The quantitative estimate of drug-likeness (QED) is 0.660. The van der Waals surface area contributed by atoms with Crippen LogP contribution in [0.2, 0.25) is 0 Å². The van der Waals surface area contributed by atoms with E-state index in [4.69, 9.17) is 0 Å². The summed E-state index contributed by atoms with van der Waals surface area (Å²) < 4.78 is 28.0. The monoisotopic (exact) mass is 400 g/mol. The van der Waals surface area contributed by atoms with E-state index in [-0.39, 0.29) is 10.8 Å². The third-order valence-corrected chi connectivity index (χ3v) is 6.32. The Labute approximate surface area is 165 Å². The van der Waals surface area contributed by atoms with E-state index in [9.17, 15) is 13.2 Å². The Hall–Kier alpha value is -2.71. The molecule has 1 amide bonds. The third kappa shape index (κ3) is 3.93. The van der Waals surface area contributed by atoms with Crippen LogP contribution in [0.15, 0.2) is 53.7 Å². The molecule has 0 atom stereocenters. The van der Waals surface area contributed by atoms with Crippen LogP contribution in [0.5, 0.6) is 0 Å². The van der Waals surface area contributed by atoms with Crippen molar-refractivity contribution in [1.82, 2.24) is 19.2 Å². The molecule has 0 aliphatic rings. The summed E-state index contributed by atoms with van der Waals surface area (Å²) in [4.78, 5) is 16.9. The maximum absolute atomic E-state index is 12.7. The number of nitrogens with one attached hydrogen (secondary N) is 1. The van der Waals surface area contributed by atoms with Crippen molar-refractivity contribution in [3.05, 3.63) is 60.0 Å². The number of aromatic nitrogens is 2. The number of pyridine rings is 1. The lowest BCUT2D eigenvalue weighted by Crippen LogP contribution is -2.26. The molecule has 1 N–H and O–H groups in total. The Morgan fingerprint density at radius 2 is 1.86 bits per heavy atom. The van der Waals surface area contributed by atoms with Crippen LogP contribution in [0.4, 0.5) is 0 Å². The molecule has 28 heavy (non-hydrogen) atoms. The minimum Gasteiger partial charge on any atom is -0.351 e. The minimum absolute atomic E-state index is 0.177. The molecular weight excluding hydrogens is 376 g/mol. The van der Waals surface area contributed by atoms with Gasteiger partial charge >= 0.3 is 0 Å². The lowest BCUT2D eigenvalue weighted by Gasteiger charge is -2.13. The SMILES string of the molecule is CCCNC(=O)c1cc2cc(S(=O)(=O)N(C)C)ccc2n1Cc1ccncc1. The Bertz CT molecular complexity index is 1090. The van der Waals surface area contributed by atoms with Crippen LogP contribution >= 0.6 is 0 Å². The van der Waals surface area contributed by atoms with Crippen LogP contribution in [-0.2, 0) is 16.6 Å². The van der Waals surface area contributed by atoms with Gasteiger partial charge in [0.2, 0.25) is 10.0 Å². The molecule has 148 valence electrons. The predicted molar refractivity (Wildman–Crippen MR) is 109 cm³/mol. The molecule has 2 aromatic heterocycles. The van der Waals surface area contributed by atoms with Crippen LogP contribution in [-0.4, -0.2) is 48.8 Å². The lowest BCUT2D eigenvalue weighted by atomic mass is 10.2. The van der Waals surface area contributed by atoms with Gasteiger partial charge in [0.25, 0.3) is 5.91 Å². The molecule has 8 heteroatoms. The van der Waals surface area contributed by atoms with E-state index in [0.29, 0.717) is 24.2 Å². The topological polar surface area (TPSA) is 84.3 Å². The van der Waals surface area contributed by atoms with Crippen molar-refractivity contribution in [2.45, 2.75) is 24.8 Å². The van der Waals surface area contributed by atoms with Gasteiger partial charge in [-0.1, -0.05) is 6.92 Å². The number of carbonyl (C=O) groups is 1. The number of nitrogens with zero attached hydrogens (tertiary/aromatic N) is 3. The Balaban J connectivity index is 2.12. The fourth-order valence-electron chi connectivity index (χ4n) is 2.98. The first-order chi connectivity index (χ1) is 13.3. The first-order valence-electron chi connectivity index (χ1n) is 9.07. The Morgan fingerprint density at radius 3 is 2.50 bits per heavy atom. The molecule has 0 bridgehead atoms. The minimum atomic E-state index is -3.55. The average Bonchev–Trinajstić information content (AvgIpc) is 3.04. The Kier molecular flexibility index (Phi) is 5.81. The van der Waals surface area contributed by atoms with Gasteiger partial charge in [0.05, 0.1) is 4.90 Å². The summed E-state index contributed by atoms with van der Waals surface area (Å²) in [6, 6.07) is 10.5. The largest absolute Gasteiger partial charge is 0.351 e. The van der Waals surface area contributed by atoms with Gasteiger partial charge in [-0.15, -0.1) is 0 Å². The fourth-order valence-corrected chi connectivity index (χ4v) is 3.92. The van der Waals surface area contributed by atoms with E-state index in [1.807, 2.05) is 23.6 Å². The molecule has 2 heterocycles. The highest BCUT2D eigenvalue weighted by molar-refractivity contribution is 7.89. The highest BCUT2D eigenvalue weighted by atomic mass is 32.2. The number of amides is 1. The molecule has 0 aliphatic carbocycles. The van der Waals surface area contributed by atoms with Crippen molar-refractivity contribution >= 4 is 26.8 Å². The van der Waals surface area contributed by atoms with Crippen LogP contribution in [0, 0.1) is 0 Å². The molecule has 0 fully saturated rings. The molecular formula is C20H24N4O3S. The predicted octanol–water partition coefficient (Wildman–Crippen LogP) is 2.47. The lowest BCUT2D eigenvalue weighted by molar-refractivity contribution is 0.0945. The van der Waals surface area contributed by atoms with Crippen molar-refractivity contribution in [3.8, 4) is 0 Å². The number of hydrogen-bond acceptors (Lipinski definition) is 4. The Morgan fingerprint density at radius 1 is 1.14 bits per heavy atom. The van der Waals surface area contributed by atoms with E-state index in [0.717, 1.165) is 17.5 Å². The van der Waals surface area contributed by atoms with Crippen molar-refractivity contribution in [2.75, 3.05) is 20.6 Å². The number of benzene rings is 1. The summed E-state index contributed by atoms with van der Waals surface area (Å²) >= 11 is 0. The molecule has 3 aromatic rings. The van der Waals surface area contributed by atoms with Crippen molar-refractivity contribution in [3.63, 3.8) is 0 Å².